The van der Waals surface area contributed by atoms with Gasteiger partial charge >= 0.3 is 5.97 Å². The molecule has 0 amide bonds. The fourth-order valence-corrected chi connectivity index (χ4v) is 4.67. The Morgan fingerprint density at radius 3 is 3.00 bits per heavy atom. The molecule has 1 N–H and O–H groups in total. The van der Waals surface area contributed by atoms with Crippen LogP contribution in [0.25, 0.3) is 0 Å². The highest BCUT2D eigenvalue weighted by atomic mass is 32.2. The van der Waals surface area contributed by atoms with Crippen LogP contribution in [0.5, 0.6) is 5.88 Å². The Balaban J connectivity index is 1.40. The van der Waals surface area contributed by atoms with Crippen LogP contribution in [-0.2, 0) is 16.1 Å². The first-order valence-electron chi connectivity index (χ1n) is 9.08. The number of hydrogen-bond donors (Lipinski definition) is 1. The number of hydrogen-bond acceptors (Lipinski definition) is 6. The zero-order valence-corrected chi connectivity index (χ0v) is 15.8. The molecule has 7 heteroatoms. The van der Waals surface area contributed by atoms with E-state index in [0.29, 0.717) is 12.5 Å². The summed E-state index contributed by atoms with van der Waals surface area (Å²) >= 11 is 1.67. The predicted octanol–water partition coefficient (Wildman–Crippen LogP) is 3.16. The summed E-state index contributed by atoms with van der Waals surface area (Å²) in [5, 5.41) is 9.02. The van der Waals surface area contributed by atoms with Crippen LogP contribution in [0.2, 0.25) is 0 Å². The minimum absolute atomic E-state index is 0.0363. The van der Waals surface area contributed by atoms with Crippen LogP contribution < -0.4 is 9.64 Å². The Morgan fingerprint density at radius 1 is 1.33 bits per heavy atom. The lowest BCUT2D eigenvalue weighted by molar-refractivity contribution is -0.137. The number of thioether (sulfide) groups is 1. The van der Waals surface area contributed by atoms with Gasteiger partial charge in [-0.15, -0.1) is 11.8 Å². The highest BCUT2D eigenvalue weighted by Gasteiger charge is 2.26. The first-order chi connectivity index (χ1) is 13.2. The van der Waals surface area contributed by atoms with E-state index in [9.17, 15) is 4.79 Å². The normalized spacial score (nSPS) is 19.0. The van der Waals surface area contributed by atoms with Crippen molar-refractivity contribution in [3.8, 4) is 5.88 Å². The Labute approximate surface area is 162 Å². The van der Waals surface area contributed by atoms with Crippen LogP contribution in [0.1, 0.15) is 23.5 Å². The Hall–Kier alpha value is -2.25. The van der Waals surface area contributed by atoms with E-state index in [1.807, 2.05) is 12.1 Å². The second kappa shape index (κ2) is 8.19. The molecule has 1 unspecified atom stereocenters. The van der Waals surface area contributed by atoms with Crippen molar-refractivity contribution in [2.75, 3.05) is 37.0 Å². The SMILES string of the molecule is O=C(O)CC1CSc2cc(OCc3cccc(N4CCOCC4)c3)ncc21. The van der Waals surface area contributed by atoms with E-state index in [-0.39, 0.29) is 12.3 Å². The number of pyridine rings is 1. The fraction of sp³-hybridized carbons (Fsp3) is 0.400. The molecule has 0 radical (unpaired) electrons. The Bertz CT molecular complexity index is 823. The lowest BCUT2D eigenvalue weighted by atomic mass is 10.00. The fourth-order valence-electron chi connectivity index (χ4n) is 3.42. The number of aliphatic carboxylic acids is 1. The van der Waals surface area contributed by atoms with E-state index in [4.69, 9.17) is 14.6 Å². The zero-order chi connectivity index (χ0) is 18.6. The number of fused-ring (bicyclic) bond motifs is 1. The number of ether oxygens (including phenoxy) is 2. The second-order valence-corrected chi connectivity index (χ2v) is 7.79. The Morgan fingerprint density at radius 2 is 2.19 bits per heavy atom. The van der Waals surface area contributed by atoms with Gasteiger partial charge < -0.3 is 19.5 Å². The van der Waals surface area contributed by atoms with Gasteiger partial charge in [0.15, 0.2) is 0 Å². The van der Waals surface area contributed by atoms with Crippen molar-refractivity contribution in [1.82, 2.24) is 4.98 Å². The molecule has 2 aliphatic heterocycles. The van der Waals surface area contributed by atoms with E-state index in [0.717, 1.165) is 48.1 Å². The summed E-state index contributed by atoms with van der Waals surface area (Å²) in [6.45, 7) is 3.80. The summed E-state index contributed by atoms with van der Waals surface area (Å²) in [7, 11) is 0. The molecule has 0 saturated carbocycles. The molecule has 142 valence electrons. The molecule has 2 aliphatic rings. The van der Waals surface area contributed by atoms with Crippen molar-refractivity contribution in [2.45, 2.75) is 23.8 Å². The molecular formula is C20H22N2O4S. The zero-order valence-electron chi connectivity index (χ0n) is 15.0. The van der Waals surface area contributed by atoms with Gasteiger partial charge in [-0.2, -0.15) is 0 Å². The summed E-state index contributed by atoms with van der Waals surface area (Å²) in [6, 6.07) is 10.3. The first-order valence-corrected chi connectivity index (χ1v) is 10.1. The van der Waals surface area contributed by atoms with Crippen molar-refractivity contribution in [3.05, 3.63) is 47.7 Å². The minimum atomic E-state index is -0.770. The van der Waals surface area contributed by atoms with Crippen molar-refractivity contribution >= 4 is 23.4 Å². The van der Waals surface area contributed by atoms with Crippen LogP contribution in [0.4, 0.5) is 5.69 Å². The topological polar surface area (TPSA) is 71.9 Å². The molecule has 1 saturated heterocycles. The quantitative estimate of drug-likeness (QED) is 0.817. The maximum absolute atomic E-state index is 11.0. The molecule has 1 fully saturated rings. The van der Waals surface area contributed by atoms with E-state index in [2.05, 4.69) is 28.1 Å². The number of morpholine rings is 1. The molecule has 0 spiro atoms. The monoisotopic (exact) mass is 386 g/mol. The first kappa shape index (κ1) is 18.1. The largest absolute Gasteiger partial charge is 0.481 e. The average Bonchev–Trinajstić information content (AvgIpc) is 3.09. The van der Waals surface area contributed by atoms with Crippen LogP contribution in [-0.4, -0.2) is 48.1 Å². The van der Waals surface area contributed by atoms with Gasteiger partial charge in [-0.25, -0.2) is 4.98 Å². The van der Waals surface area contributed by atoms with E-state index in [1.54, 1.807) is 18.0 Å². The summed E-state index contributed by atoms with van der Waals surface area (Å²) in [5.41, 5.74) is 3.30. The third-order valence-corrected chi connectivity index (χ3v) is 6.08. The van der Waals surface area contributed by atoms with Crippen molar-refractivity contribution in [2.24, 2.45) is 0 Å². The van der Waals surface area contributed by atoms with Gasteiger partial charge in [-0.1, -0.05) is 12.1 Å². The minimum Gasteiger partial charge on any atom is -0.481 e. The molecule has 1 aromatic heterocycles. The summed E-state index contributed by atoms with van der Waals surface area (Å²) in [5.74, 6) is 0.631. The van der Waals surface area contributed by atoms with Gasteiger partial charge in [-0.05, 0) is 23.3 Å². The number of rotatable bonds is 6. The molecular weight excluding hydrogens is 364 g/mol. The number of anilines is 1. The third kappa shape index (κ3) is 4.36. The van der Waals surface area contributed by atoms with Gasteiger partial charge in [0.25, 0.3) is 0 Å². The van der Waals surface area contributed by atoms with Crippen LogP contribution in [0, 0.1) is 0 Å². The van der Waals surface area contributed by atoms with Crippen LogP contribution >= 0.6 is 11.8 Å². The predicted molar refractivity (Wildman–Crippen MR) is 104 cm³/mol. The summed E-state index contributed by atoms with van der Waals surface area (Å²) < 4.78 is 11.3. The summed E-state index contributed by atoms with van der Waals surface area (Å²) in [6.07, 6.45) is 1.92. The molecule has 0 bridgehead atoms. The molecule has 3 heterocycles. The number of nitrogens with zero attached hydrogens (tertiary/aromatic N) is 2. The second-order valence-electron chi connectivity index (χ2n) is 6.72. The van der Waals surface area contributed by atoms with Crippen molar-refractivity contribution in [1.29, 1.82) is 0 Å². The maximum Gasteiger partial charge on any atom is 0.303 e. The van der Waals surface area contributed by atoms with E-state index < -0.39 is 5.97 Å². The number of carboxylic acid groups (broad SMARTS) is 1. The van der Waals surface area contributed by atoms with E-state index >= 15 is 0 Å². The highest BCUT2D eigenvalue weighted by Crippen LogP contribution is 2.42. The molecule has 0 aliphatic carbocycles. The van der Waals surface area contributed by atoms with Gasteiger partial charge in [0, 0.05) is 47.6 Å². The molecule has 2 aromatic rings. The smallest absolute Gasteiger partial charge is 0.303 e. The number of carbonyl (C=O) groups is 1. The van der Waals surface area contributed by atoms with Gasteiger partial charge in [0.05, 0.1) is 19.6 Å². The number of aromatic nitrogens is 1. The molecule has 1 atom stereocenters. The van der Waals surface area contributed by atoms with Gasteiger partial charge in [0.2, 0.25) is 5.88 Å². The van der Waals surface area contributed by atoms with E-state index in [1.165, 1.54) is 5.69 Å². The van der Waals surface area contributed by atoms with Gasteiger partial charge in [0.1, 0.15) is 6.61 Å². The lowest BCUT2D eigenvalue weighted by Crippen LogP contribution is -2.36. The van der Waals surface area contributed by atoms with Crippen molar-refractivity contribution < 1.29 is 19.4 Å². The molecule has 4 rings (SSSR count). The molecule has 27 heavy (non-hydrogen) atoms. The third-order valence-electron chi connectivity index (χ3n) is 4.84. The summed E-state index contributed by atoms with van der Waals surface area (Å²) in [4.78, 5) is 18.7. The van der Waals surface area contributed by atoms with Crippen LogP contribution in [0.3, 0.4) is 0 Å². The van der Waals surface area contributed by atoms with Crippen molar-refractivity contribution in [3.63, 3.8) is 0 Å². The lowest BCUT2D eigenvalue weighted by Gasteiger charge is -2.29. The maximum atomic E-state index is 11.0. The van der Waals surface area contributed by atoms with Crippen LogP contribution in [0.15, 0.2) is 41.4 Å². The molecule has 6 nitrogen and oxygen atoms in total. The average molecular weight is 386 g/mol. The molecule has 1 aromatic carbocycles. The Kier molecular flexibility index (Phi) is 5.50. The van der Waals surface area contributed by atoms with Gasteiger partial charge in [-0.3, -0.25) is 4.79 Å². The standard InChI is InChI=1S/C20H22N2O4S/c23-20(24)9-15-13-27-18-10-19(21-11-17(15)18)26-12-14-2-1-3-16(8-14)22-4-6-25-7-5-22/h1-3,8,10-11,15H,4-7,9,12-13H2,(H,23,24). The number of benzene rings is 1. The number of carboxylic acids is 1. The highest BCUT2D eigenvalue weighted by molar-refractivity contribution is 7.99.